The Bertz CT molecular complexity index is 1950. The van der Waals surface area contributed by atoms with Gasteiger partial charge in [0, 0.05) is 0 Å². The number of fused-ring (bicyclic) bond motifs is 5. The molecule has 258 valence electrons. The molecule has 0 aliphatic carbocycles. The molecule has 2 unspecified atom stereocenters. The lowest BCUT2D eigenvalue weighted by atomic mass is 10.1. The fourth-order valence-electron chi connectivity index (χ4n) is 5.26. The van der Waals surface area contributed by atoms with E-state index < -0.39 is 81.4 Å². The molecule has 4 aromatic rings. The summed E-state index contributed by atoms with van der Waals surface area (Å²) in [5.74, 6) is -0.181. The van der Waals surface area contributed by atoms with E-state index in [2.05, 4.69) is 42.2 Å². The summed E-state index contributed by atoms with van der Waals surface area (Å²) < 4.78 is 65.8. The summed E-state index contributed by atoms with van der Waals surface area (Å²) in [5, 5.41) is 11.1. The molecule has 3 saturated heterocycles. The fraction of sp³-hybridized carbons (Fsp3) is 0.500. The topological polar surface area (TPSA) is 342 Å². The molecule has 0 saturated carbocycles. The molecule has 22 nitrogen and oxygen atoms in total. The number of hydrogen-bond donors (Lipinski definition) is 8. The molecule has 47 heavy (non-hydrogen) atoms. The third kappa shape index (κ3) is 6.40. The average molecular weight is 743 g/mol. The Morgan fingerprint density at radius 2 is 1.64 bits per heavy atom. The van der Waals surface area contributed by atoms with Gasteiger partial charge < -0.3 is 47.8 Å². The summed E-state index contributed by atoms with van der Waals surface area (Å²) in [7, 11) is 0. The molecule has 13 N–H and O–H groups in total. The van der Waals surface area contributed by atoms with Gasteiger partial charge in [-0.3, -0.25) is 32.5 Å². The van der Waals surface area contributed by atoms with E-state index in [1.165, 1.54) is 21.8 Å². The van der Waals surface area contributed by atoms with Gasteiger partial charge in [-0.15, -0.1) is 0 Å². The van der Waals surface area contributed by atoms with Gasteiger partial charge in [0.15, 0.2) is 41.3 Å². The van der Waals surface area contributed by atoms with Crippen molar-refractivity contribution in [2.24, 2.45) is 0 Å². The first-order valence-corrected chi connectivity index (χ1v) is 18.2. The van der Waals surface area contributed by atoms with Crippen LogP contribution in [0.5, 0.6) is 0 Å². The lowest BCUT2D eigenvalue weighted by Crippen LogP contribution is -2.35. The van der Waals surface area contributed by atoms with Gasteiger partial charge in [0.05, 0.1) is 25.9 Å². The van der Waals surface area contributed by atoms with Crippen molar-refractivity contribution in [2.45, 2.75) is 49.1 Å². The monoisotopic (exact) mass is 742 g/mol. The third-order valence-corrected chi connectivity index (χ3v) is 10.5. The molecule has 0 spiro atoms. The van der Waals surface area contributed by atoms with Crippen molar-refractivity contribution >= 4 is 71.7 Å². The first kappa shape index (κ1) is 35.6. The number of aliphatic hydroxyl groups is 1. The van der Waals surface area contributed by atoms with Gasteiger partial charge in [-0.2, -0.15) is 4.98 Å². The molecule has 7 heterocycles. The number of rotatable bonds is 2. The van der Waals surface area contributed by atoms with Crippen LogP contribution in [-0.4, -0.2) is 98.9 Å². The van der Waals surface area contributed by atoms with E-state index in [-0.39, 0.29) is 46.4 Å². The number of alkyl halides is 1. The molecule has 3 aliphatic heterocycles. The predicted octanol–water partition coefficient (Wildman–Crippen LogP) is 0.0136. The highest BCUT2D eigenvalue weighted by Gasteiger charge is 2.53. The maximum absolute atomic E-state index is 16.0. The van der Waals surface area contributed by atoms with Crippen LogP contribution < -0.4 is 29.3 Å². The van der Waals surface area contributed by atoms with Crippen molar-refractivity contribution in [3.8, 4) is 0 Å². The van der Waals surface area contributed by atoms with Gasteiger partial charge in [-0.05, 0) is 11.8 Å². The largest absolute Gasteiger partial charge is 0.387 e. The Labute approximate surface area is 272 Å². The van der Waals surface area contributed by atoms with E-state index >= 15 is 4.39 Å². The maximum atomic E-state index is 16.0. The van der Waals surface area contributed by atoms with Crippen LogP contribution in [0, 0.1) is 0 Å². The summed E-state index contributed by atoms with van der Waals surface area (Å²) in [6, 6.07) is 0. The SMILES string of the molecule is N.N.Nc1nc2c(ncn2[C@@H]2O[C@@H]3COP(=O)(S)O[C@H]4[C@@H](F)[C@H](n5cnc6c(N)ncnc65)O[C@@H]4COP(O)(=S)O[C@@H]2[C@@H]3O)c(=O)[nH]1. The quantitative estimate of drug-likeness (QED) is 0.0990. The van der Waals surface area contributed by atoms with Gasteiger partial charge in [-0.25, -0.2) is 28.9 Å². The highest BCUT2D eigenvalue weighted by molar-refractivity contribution is 8.44. The minimum atomic E-state index is -4.40. The van der Waals surface area contributed by atoms with Gasteiger partial charge >= 0.3 is 13.5 Å². The number of nitrogens with zero attached hydrogens (tertiary/aromatic N) is 7. The summed E-state index contributed by atoms with van der Waals surface area (Å²) in [4.78, 5) is 45.8. The van der Waals surface area contributed by atoms with Crippen LogP contribution in [0.25, 0.3) is 22.3 Å². The van der Waals surface area contributed by atoms with E-state index in [1.807, 2.05) is 0 Å². The number of nitrogens with two attached hydrogens (primary N) is 2. The first-order chi connectivity index (χ1) is 21.3. The maximum Gasteiger partial charge on any atom is 0.386 e. The van der Waals surface area contributed by atoms with Gasteiger partial charge in [0.2, 0.25) is 5.95 Å². The second kappa shape index (κ2) is 12.9. The van der Waals surface area contributed by atoms with E-state index in [0.717, 1.165) is 6.33 Å². The first-order valence-electron chi connectivity index (χ1n) is 12.9. The lowest BCUT2D eigenvalue weighted by molar-refractivity contribution is -0.0587. The molecule has 7 rings (SSSR count). The van der Waals surface area contributed by atoms with Crippen LogP contribution in [0.2, 0.25) is 0 Å². The molecule has 2 bridgehead atoms. The van der Waals surface area contributed by atoms with Crippen LogP contribution >= 0.6 is 25.8 Å². The zero-order chi connectivity index (χ0) is 31.8. The number of aromatic nitrogens is 8. The van der Waals surface area contributed by atoms with E-state index in [9.17, 15) is 19.4 Å². The van der Waals surface area contributed by atoms with Gasteiger partial charge in [-0.1, -0.05) is 12.2 Å². The highest BCUT2D eigenvalue weighted by Crippen LogP contribution is 2.58. The van der Waals surface area contributed by atoms with Gasteiger partial charge in [0.25, 0.3) is 5.56 Å². The molecule has 10 atom stereocenters. The number of nitrogens with one attached hydrogen (secondary N) is 1. The molecule has 27 heteroatoms. The van der Waals surface area contributed by atoms with Crippen LogP contribution in [-0.2, 0) is 43.9 Å². The van der Waals surface area contributed by atoms with Crippen LogP contribution in [0.15, 0.2) is 23.8 Å². The summed E-state index contributed by atoms with van der Waals surface area (Å²) in [6.07, 6.45) is -8.57. The Morgan fingerprint density at radius 1 is 0.979 bits per heavy atom. The summed E-state index contributed by atoms with van der Waals surface area (Å²) >= 11 is 9.22. The average Bonchev–Trinajstić information content (AvgIpc) is 3.72. The predicted molar refractivity (Wildman–Crippen MR) is 166 cm³/mol. The Morgan fingerprint density at radius 3 is 2.38 bits per heavy atom. The van der Waals surface area contributed by atoms with Crippen molar-refractivity contribution in [3.05, 3.63) is 29.3 Å². The smallest absolute Gasteiger partial charge is 0.386 e. The van der Waals surface area contributed by atoms with Crippen molar-refractivity contribution in [1.82, 2.24) is 51.3 Å². The lowest BCUT2D eigenvalue weighted by Gasteiger charge is -2.27. The Kier molecular flexibility index (Phi) is 9.79. The number of imidazole rings is 2. The van der Waals surface area contributed by atoms with Crippen molar-refractivity contribution in [1.29, 1.82) is 0 Å². The number of halogens is 1. The second-order valence-electron chi connectivity index (χ2n) is 10.1. The molecular weight excluding hydrogens is 713 g/mol. The fourth-order valence-corrected chi connectivity index (χ4v) is 8.16. The minimum Gasteiger partial charge on any atom is -0.387 e. The summed E-state index contributed by atoms with van der Waals surface area (Å²) in [5.41, 5.74) is 11.1. The number of thiol groups is 1. The van der Waals surface area contributed by atoms with E-state index in [4.69, 9.17) is 50.8 Å². The molecule has 0 radical (unpaired) electrons. The third-order valence-electron chi connectivity index (χ3n) is 7.28. The second-order valence-corrected chi connectivity index (χ2v) is 15.8. The highest BCUT2D eigenvalue weighted by atomic mass is 32.7. The zero-order valence-corrected chi connectivity index (χ0v) is 27.3. The Hall–Kier alpha value is -2.74. The van der Waals surface area contributed by atoms with Crippen LogP contribution in [0.4, 0.5) is 16.2 Å². The number of nitrogen functional groups attached to an aromatic ring is 2. The zero-order valence-electron chi connectivity index (χ0n) is 23.8. The van der Waals surface area contributed by atoms with E-state index in [1.54, 1.807) is 0 Å². The van der Waals surface area contributed by atoms with Gasteiger partial charge in [0.1, 0.15) is 42.4 Å². The Balaban J connectivity index is 0.00000217. The van der Waals surface area contributed by atoms with Crippen molar-refractivity contribution in [3.63, 3.8) is 0 Å². The van der Waals surface area contributed by atoms with Crippen LogP contribution in [0.3, 0.4) is 0 Å². The molecule has 3 fully saturated rings. The van der Waals surface area contributed by atoms with Crippen LogP contribution in [0.1, 0.15) is 12.5 Å². The molecule has 3 aliphatic rings. The van der Waals surface area contributed by atoms with E-state index in [0.29, 0.717) is 0 Å². The molecule has 0 aromatic carbocycles. The number of aromatic amines is 1. The molecule has 0 amide bonds. The minimum absolute atomic E-state index is 0. The molecule has 4 aromatic heterocycles. The standard InChI is InChI=1S/C20H23FN10O10P2S2.2H3N/c21-8-12-7(39-18(8)30-4-26-9-14(22)24-3-25-15(9)30)2-37-43(35,45)41-13-11(32)6(1-36-42(34,44)40-12)38-19(13)31-5-27-10-16(31)28-20(23)29-17(10)33;;/h3-8,11-13,18-19,32H,1-2H2,(H,34,44)(H,35,45)(H2,22,24,25)(H3,23,28,29,33);2*1H3/t6-,7-,8-,11-,12-,13-,18-,19-,42?,43?;;/m1../s1. The number of aliphatic hydroxyl groups excluding tert-OH is 1. The van der Waals surface area contributed by atoms with Crippen molar-refractivity contribution < 1.29 is 46.5 Å². The normalized spacial score (nSPS) is 36.1. The number of ether oxygens (including phenoxy) is 2. The molecular formula is C20H29FN12O10P2S2. The number of anilines is 2. The summed E-state index contributed by atoms with van der Waals surface area (Å²) in [6.45, 7) is -9.92. The number of H-pyrrole nitrogens is 1. The van der Waals surface area contributed by atoms with Crippen molar-refractivity contribution in [2.75, 3.05) is 24.7 Å². The number of hydrogen-bond acceptors (Lipinski definition) is 19.